The average Bonchev–Trinajstić information content (AvgIpc) is 3.08. The summed E-state index contributed by atoms with van der Waals surface area (Å²) in [7, 11) is 1.90. The Morgan fingerprint density at radius 1 is 1.02 bits per heavy atom. The highest BCUT2D eigenvalue weighted by Gasteiger charge is 2.34. The van der Waals surface area contributed by atoms with Crippen molar-refractivity contribution in [2.75, 3.05) is 26.7 Å². The van der Waals surface area contributed by atoms with Gasteiger partial charge in [-0.3, -0.25) is 9.63 Å². The summed E-state index contributed by atoms with van der Waals surface area (Å²) >= 11 is 6.41. The van der Waals surface area contributed by atoms with Gasteiger partial charge in [-0.1, -0.05) is 93.5 Å². The van der Waals surface area contributed by atoms with Crippen LogP contribution in [-0.4, -0.2) is 54.1 Å². The number of carbonyl (C=O) groups is 1. The van der Waals surface area contributed by atoms with Crippen molar-refractivity contribution in [1.29, 1.82) is 0 Å². The molecule has 1 saturated heterocycles. The molecule has 0 aliphatic carbocycles. The van der Waals surface area contributed by atoms with Gasteiger partial charge in [0, 0.05) is 35.7 Å². The molecule has 0 spiro atoms. The number of fused-ring (bicyclic) bond motifs is 1. The molecule has 2 atom stereocenters. The smallest absolute Gasteiger partial charge is 0.436 e. The third-order valence-electron chi connectivity index (χ3n) is 9.08. The van der Waals surface area contributed by atoms with Crippen LogP contribution in [0.2, 0.25) is 5.02 Å². The maximum atomic E-state index is 13.3. The first kappa shape index (κ1) is 39.2. The number of phenols is 1. The van der Waals surface area contributed by atoms with Gasteiger partial charge in [0.05, 0.1) is 17.7 Å². The number of benzene rings is 2. The van der Waals surface area contributed by atoms with Crippen LogP contribution in [0.1, 0.15) is 102 Å². The fourth-order valence-electron chi connectivity index (χ4n) is 6.36. The molecule has 2 heterocycles. The maximum Gasteiger partial charge on any atom is 0.436 e. The van der Waals surface area contributed by atoms with Gasteiger partial charge in [-0.2, -0.15) is 5.48 Å². The quantitative estimate of drug-likeness (QED) is 0.0640. The molecule has 1 unspecified atom stereocenters. The molecule has 272 valence electrons. The molecule has 3 aromatic rings. The van der Waals surface area contributed by atoms with E-state index in [0.29, 0.717) is 42.3 Å². The topological polar surface area (TPSA) is 121 Å². The van der Waals surface area contributed by atoms with Crippen LogP contribution in [0.5, 0.6) is 11.5 Å². The Morgan fingerprint density at radius 3 is 2.44 bits per heavy atom. The highest BCUT2D eigenvalue weighted by Crippen LogP contribution is 2.43. The molecule has 1 aliphatic heterocycles. The molecule has 50 heavy (non-hydrogen) atoms. The first-order valence-electron chi connectivity index (χ1n) is 18.1. The largest absolute Gasteiger partial charge is 0.507 e. The fraction of sp³-hybridized carbons (Fsp3) is 0.500. The molecule has 10 heteroatoms. The summed E-state index contributed by atoms with van der Waals surface area (Å²) < 4.78 is 11.9. The predicted molar refractivity (Wildman–Crippen MR) is 200 cm³/mol. The van der Waals surface area contributed by atoms with E-state index in [9.17, 15) is 19.8 Å². The molecule has 1 aliphatic rings. The van der Waals surface area contributed by atoms with Crippen molar-refractivity contribution in [3.05, 3.63) is 81.5 Å². The summed E-state index contributed by atoms with van der Waals surface area (Å²) in [5.41, 5.74) is 2.68. The zero-order valence-electron chi connectivity index (χ0n) is 29.5. The van der Waals surface area contributed by atoms with Crippen LogP contribution in [0.15, 0.2) is 69.9 Å². The zero-order valence-corrected chi connectivity index (χ0v) is 30.3. The average molecular weight is 709 g/mol. The minimum Gasteiger partial charge on any atom is -0.507 e. The number of allylic oxidation sites excluding steroid dienone is 4. The molecule has 3 N–H and O–H groups in total. The number of phenolic OH excluding ortho intramolecular Hbond substituents is 1. The first-order chi connectivity index (χ1) is 24.3. The van der Waals surface area contributed by atoms with E-state index in [1.807, 2.05) is 11.9 Å². The second-order valence-electron chi connectivity index (χ2n) is 13.1. The number of hydrogen-bond acceptors (Lipinski definition) is 8. The van der Waals surface area contributed by atoms with E-state index in [1.165, 1.54) is 50.7 Å². The molecule has 1 amide bonds. The summed E-state index contributed by atoms with van der Waals surface area (Å²) in [6, 6.07) is 9.42. The molecule has 2 aromatic carbocycles. The van der Waals surface area contributed by atoms with Gasteiger partial charge in [0.25, 0.3) is 0 Å². The number of likely N-dealkylation sites (tertiary alicyclic amines) is 1. The Balaban J connectivity index is 1.29. The lowest BCUT2D eigenvalue weighted by Crippen LogP contribution is -2.40. The van der Waals surface area contributed by atoms with Gasteiger partial charge in [0.1, 0.15) is 28.2 Å². The highest BCUT2D eigenvalue weighted by atomic mass is 35.5. The van der Waals surface area contributed by atoms with Crippen molar-refractivity contribution in [2.24, 2.45) is 0 Å². The van der Waals surface area contributed by atoms with E-state index in [-0.39, 0.29) is 22.5 Å². The Labute approximate surface area is 300 Å². The normalized spacial score (nSPS) is 16.9. The van der Waals surface area contributed by atoms with Gasteiger partial charge in [-0.15, -0.1) is 0 Å². The molecule has 1 fully saturated rings. The second kappa shape index (κ2) is 20.9. The van der Waals surface area contributed by atoms with Crippen LogP contribution in [-0.2, 0) is 4.84 Å². The number of nitrogens with one attached hydrogen (secondary N) is 1. The third kappa shape index (κ3) is 11.7. The molecule has 4 rings (SSSR count). The summed E-state index contributed by atoms with van der Waals surface area (Å²) in [4.78, 5) is 33.6. The number of hydroxylamine groups is 1. The van der Waals surface area contributed by atoms with E-state index in [0.717, 1.165) is 38.5 Å². The van der Waals surface area contributed by atoms with Crippen molar-refractivity contribution in [1.82, 2.24) is 10.4 Å². The number of aliphatic hydroxyl groups excluding tert-OH is 1. The van der Waals surface area contributed by atoms with E-state index in [2.05, 4.69) is 36.7 Å². The molecule has 0 radical (unpaired) electrons. The van der Waals surface area contributed by atoms with E-state index in [1.54, 1.807) is 24.3 Å². The van der Waals surface area contributed by atoms with E-state index < -0.39 is 29.3 Å². The third-order valence-corrected chi connectivity index (χ3v) is 9.41. The SMILES string of the molecule is CCCCC/C=C\C/C=C\CCCCCCCCONC(=O)Oc1cc(O)c2c(=O)cc(-c3ccccc3Cl)oc2c1C1CCN(C)C[C@@H]1O. The summed E-state index contributed by atoms with van der Waals surface area (Å²) in [5, 5.41) is 22.4. The van der Waals surface area contributed by atoms with Crippen LogP contribution in [0.3, 0.4) is 0 Å². The molecule has 1 aromatic heterocycles. The Bertz CT molecular complexity index is 1640. The number of carbonyl (C=O) groups excluding carboxylic acids is 1. The number of aliphatic hydroxyl groups is 1. The number of hydrogen-bond donors (Lipinski definition) is 3. The van der Waals surface area contributed by atoms with Crippen molar-refractivity contribution in [3.63, 3.8) is 0 Å². The van der Waals surface area contributed by atoms with Gasteiger partial charge < -0.3 is 24.3 Å². The van der Waals surface area contributed by atoms with Crippen LogP contribution >= 0.6 is 11.6 Å². The lowest BCUT2D eigenvalue weighted by Gasteiger charge is -2.34. The standard InChI is InChI=1S/C40H53ClN2O7/c1-3-4-5-6-7-8-9-10-11-12-13-14-15-16-17-20-25-48-42-40(47)50-36-27-33(45)38-32(44)26-35(29-21-18-19-22-31(29)41)49-39(38)37(36)30-23-24-43(2)28-34(30)46/h7-8,10-11,18-19,21-22,26-27,30,34,45-46H,3-6,9,12-17,20,23-25,28H2,1-2H3,(H,42,47)/b8-7-,11-10-/t30?,34-/m0/s1. The lowest BCUT2D eigenvalue weighted by atomic mass is 9.85. The van der Waals surface area contributed by atoms with Crippen LogP contribution in [0, 0.1) is 0 Å². The van der Waals surface area contributed by atoms with Crippen molar-refractivity contribution in [2.45, 2.75) is 102 Å². The summed E-state index contributed by atoms with van der Waals surface area (Å²) in [6.45, 7) is 3.57. The Hall–Kier alpha value is -3.63. The lowest BCUT2D eigenvalue weighted by molar-refractivity contribution is 0.0419. The second-order valence-corrected chi connectivity index (χ2v) is 13.5. The predicted octanol–water partition coefficient (Wildman–Crippen LogP) is 9.43. The minimum atomic E-state index is -0.892. The monoisotopic (exact) mass is 708 g/mol. The number of unbranched alkanes of at least 4 members (excludes halogenated alkanes) is 9. The summed E-state index contributed by atoms with van der Waals surface area (Å²) in [6.07, 6.45) is 21.4. The van der Waals surface area contributed by atoms with Gasteiger partial charge in [0.2, 0.25) is 0 Å². The number of rotatable bonds is 19. The zero-order chi connectivity index (χ0) is 35.7. The number of piperidine rings is 1. The van der Waals surface area contributed by atoms with Gasteiger partial charge >= 0.3 is 6.09 Å². The minimum absolute atomic E-state index is 0.0297. The Kier molecular flexibility index (Phi) is 16.4. The van der Waals surface area contributed by atoms with E-state index in [4.69, 9.17) is 25.6 Å². The van der Waals surface area contributed by atoms with Crippen molar-refractivity contribution >= 4 is 28.7 Å². The van der Waals surface area contributed by atoms with Crippen LogP contribution in [0.25, 0.3) is 22.3 Å². The van der Waals surface area contributed by atoms with Gasteiger partial charge in [-0.25, -0.2) is 4.79 Å². The number of nitrogens with zero attached hydrogens (tertiary/aromatic N) is 1. The number of amides is 1. The number of aromatic hydroxyl groups is 1. The first-order valence-corrected chi connectivity index (χ1v) is 18.5. The number of β-amino-alcohol motifs (C(OH)–C–C–N with tert-alkyl or cyclic N) is 1. The summed E-state index contributed by atoms with van der Waals surface area (Å²) in [5.74, 6) is -0.788. The number of ether oxygens (including phenoxy) is 1. The molecule has 0 saturated carbocycles. The van der Waals surface area contributed by atoms with Crippen LogP contribution < -0.4 is 15.6 Å². The Morgan fingerprint density at radius 2 is 1.72 bits per heavy atom. The molecular formula is C40H53ClN2O7. The number of likely N-dealkylation sites (N-methyl/N-ethyl adjacent to an activating group) is 1. The van der Waals surface area contributed by atoms with Crippen molar-refractivity contribution in [3.8, 4) is 22.8 Å². The van der Waals surface area contributed by atoms with Crippen LogP contribution in [0.4, 0.5) is 4.79 Å². The molecular weight excluding hydrogens is 656 g/mol. The molecule has 9 nitrogen and oxygen atoms in total. The fourth-order valence-corrected chi connectivity index (χ4v) is 6.59. The number of halogens is 1. The van der Waals surface area contributed by atoms with Gasteiger partial charge in [0.15, 0.2) is 5.43 Å². The maximum absolute atomic E-state index is 13.3. The highest BCUT2D eigenvalue weighted by molar-refractivity contribution is 6.33. The molecule has 0 bridgehead atoms. The van der Waals surface area contributed by atoms with Crippen molar-refractivity contribution < 1.29 is 29.0 Å². The van der Waals surface area contributed by atoms with Gasteiger partial charge in [-0.05, 0) is 70.7 Å². The van der Waals surface area contributed by atoms with E-state index >= 15 is 0 Å².